The largest absolute Gasteiger partial charge is 0.494 e. The Labute approximate surface area is 168 Å². The van der Waals surface area contributed by atoms with E-state index in [9.17, 15) is 5.11 Å². The van der Waals surface area contributed by atoms with E-state index in [0.29, 0.717) is 5.92 Å². The lowest BCUT2D eigenvalue weighted by atomic mass is 9.75. The normalized spacial score (nSPS) is 29.0. The van der Waals surface area contributed by atoms with Crippen LogP contribution < -0.4 is 4.74 Å². The van der Waals surface area contributed by atoms with Crippen molar-refractivity contribution in [1.29, 1.82) is 0 Å². The first kappa shape index (κ1) is 20.1. The van der Waals surface area contributed by atoms with Gasteiger partial charge in [-0.3, -0.25) is 9.80 Å². The van der Waals surface area contributed by atoms with Crippen molar-refractivity contribution in [3.63, 3.8) is 0 Å². The van der Waals surface area contributed by atoms with Gasteiger partial charge >= 0.3 is 0 Å². The summed E-state index contributed by atoms with van der Waals surface area (Å²) in [5, 5.41) is 9.95. The second-order valence-electron chi connectivity index (χ2n) is 8.51. The fraction of sp³-hybridized carbons (Fsp3) is 0.727. The highest BCUT2D eigenvalue weighted by atomic mass is 16.5. The van der Waals surface area contributed by atoms with E-state index in [-0.39, 0.29) is 12.0 Å². The molecule has 6 nitrogen and oxygen atoms in total. The van der Waals surface area contributed by atoms with E-state index < -0.39 is 0 Å². The van der Waals surface area contributed by atoms with E-state index in [1.165, 1.54) is 5.56 Å². The molecule has 0 aliphatic carbocycles. The summed E-state index contributed by atoms with van der Waals surface area (Å²) in [4.78, 5) is 4.90. The summed E-state index contributed by atoms with van der Waals surface area (Å²) >= 11 is 0. The van der Waals surface area contributed by atoms with Gasteiger partial charge in [0, 0.05) is 57.2 Å². The van der Waals surface area contributed by atoms with Gasteiger partial charge in [0.15, 0.2) is 0 Å². The zero-order chi connectivity index (χ0) is 19.2. The lowest BCUT2D eigenvalue weighted by Gasteiger charge is -2.36. The molecular weight excluding hydrogens is 356 g/mol. The molecule has 28 heavy (non-hydrogen) atoms. The Hall–Kier alpha value is -1.18. The molecule has 3 fully saturated rings. The molecule has 1 aromatic rings. The summed E-state index contributed by atoms with van der Waals surface area (Å²) in [5.74, 6) is 1.40. The Morgan fingerprint density at radius 3 is 2.64 bits per heavy atom. The maximum atomic E-state index is 9.95. The number of aliphatic hydroxyl groups excluding tert-OH is 1. The van der Waals surface area contributed by atoms with Crippen molar-refractivity contribution in [3.05, 3.63) is 29.8 Å². The van der Waals surface area contributed by atoms with Crippen LogP contribution >= 0.6 is 0 Å². The number of nitrogens with zero attached hydrogens (tertiary/aromatic N) is 2. The molecule has 3 heterocycles. The van der Waals surface area contributed by atoms with E-state index in [0.717, 1.165) is 90.9 Å². The van der Waals surface area contributed by atoms with Gasteiger partial charge in [-0.1, -0.05) is 12.1 Å². The molecule has 0 bridgehead atoms. The van der Waals surface area contributed by atoms with Crippen molar-refractivity contribution in [1.82, 2.24) is 9.80 Å². The van der Waals surface area contributed by atoms with Crippen LogP contribution in [0.25, 0.3) is 0 Å². The third-order valence-corrected chi connectivity index (χ3v) is 6.58. The second-order valence-corrected chi connectivity index (χ2v) is 8.51. The summed E-state index contributed by atoms with van der Waals surface area (Å²) in [5.41, 5.74) is 1.34. The Balaban J connectivity index is 1.20. The minimum Gasteiger partial charge on any atom is -0.494 e. The smallest absolute Gasteiger partial charge is 0.119 e. The average molecular weight is 391 g/mol. The SMILES string of the molecule is OC[C@]12CCOC[C@H]1CN(Cc1ccc(OCCCN3CCOCC3)cc1)C2. The maximum absolute atomic E-state index is 9.95. The predicted octanol–water partition coefficient (Wildman–Crippen LogP) is 1.62. The van der Waals surface area contributed by atoms with Crippen LogP contribution in [0.3, 0.4) is 0 Å². The van der Waals surface area contributed by atoms with Crippen molar-refractivity contribution in [2.45, 2.75) is 19.4 Å². The monoisotopic (exact) mass is 390 g/mol. The van der Waals surface area contributed by atoms with Gasteiger partial charge in [0.2, 0.25) is 0 Å². The summed E-state index contributed by atoms with van der Waals surface area (Å²) < 4.78 is 16.9. The zero-order valence-electron chi connectivity index (χ0n) is 16.9. The predicted molar refractivity (Wildman–Crippen MR) is 108 cm³/mol. The first-order valence-electron chi connectivity index (χ1n) is 10.7. The molecule has 0 aromatic heterocycles. The Morgan fingerprint density at radius 2 is 1.89 bits per heavy atom. The Morgan fingerprint density at radius 1 is 1.07 bits per heavy atom. The number of morpholine rings is 1. The quantitative estimate of drug-likeness (QED) is 0.681. The number of likely N-dealkylation sites (tertiary alicyclic amines) is 1. The van der Waals surface area contributed by atoms with Crippen LogP contribution in [0.1, 0.15) is 18.4 Å². The number of aliphatic hydroxyl groups is 1. The van der Waals surface area contributed by atoms with Crippen LogP contribution in [-0.4, -0.2) is 87.3 Å². The zero-order valence-corrected chi connectivity index (χ0v) is 16.9. The summed E-state index contributed by atoms with van der Waals surface area (Å²) in [6, 6.07) is 8.50. The number of fused-ring (bicyclic) bond motifs is 1. The van der Waals surface area contributed by atoms with Gasteiger partial charge in [0.05, 0.1) is 33.0 Å². The maximum Gasteiger partial charge on any atom is 0.119 e. The van der Waals surface area contributed by atoms with Crippen LogP contribution in [0.15, 0.2) is 24.3 Å². The van der Waals surface area contributed by atoms with Gasteiger partial charge in [-0.2, -0.15) is 0 Å². The summed E-state index contributed by atoms with van der Waals surface area (Å²) in [7, 11) is 0. The van der Waals surface area contributed by atoms with Gasteiger partial charge in [0.25, 0.3) is 0 Å². The number of hydrogen-bond acceptors (Lipinski definition) is 6. The van der Waals surface area contributed by atoms with Gasteiger partial charge in [-0.25, -0.2) is 0 Å². The minimum atomic E-state index is 0.0434. The highest BCUT2D eigenvalue weighted by Crippen LogP contribution is 2.42. The van der Waals surface area contributed by atoms with Gasteiger partial charge in [-0.15, -0.1) is 0 Å². The first-order chi connectivity index (χ1) is 13.8. The third-order valence-electron chi connectivity index (χ3n) is 6.58. The minimum absolute atomic E-state index is 0.0434. The molecule has 3 saturated heterocycles. The van der Waals surface area contributed by atoms with Gasteiger partial charge < -0.3 is 19.3 Å². The summed E-state index contributed by atoms with van der Waals surface area (Å²) in [6.45, 7) is 10.4. The highest BCUT2D eigenvalue weighted by molar-refractivity contribution is 5.27. The van der Waals surface area contributed by atoms with E-state index in [1.807, 2.05) is 0 Å². The van der Waals surface area contributed by atoms with Crippen molar-refractivity contribution < 1.29 is 19.3 Å². The van der Waals surface area contributed by atoms with E-state index in [2.05, 4.69) is 34.1 Å². The molecule has 0 saturated carbocycles. The number of rotatable bonds is 8. The molecule has 3 aliphatic heterocycles. The number of benzene rings is 1. The molecule has 4 rings (SSSR count). The van der Waals surface area contributed by atoms with E-state index in [1.54, 1.807) is 0 Å². The molecule has 0 amide bonds. The molecule has 0 radical (unpaired) electrons. The second kappa shape index (κ2) is 9.55. The van der Waals surface area contributed by atoms with Crippen LogP contribution in [0, 0.1) is 11.3 Å². The molecule has 2 atom stereocenters. The molecule has 6 heteroatoms. The lowest BCUT2D eigenvalue weighted by Crippen LogP contribution is -2.41. The molecule has 156 valence electrons. The van der Waals surface area contributed by atoms with Crippen molar-refractivity contribution in [2.24, 2.45) is 11.3 Å². The fourth-order valence-corrected chi connectivity index (χ4v) is 4.79. The van der Waals surface area contributed by atoms with E-state index in [4.69, 9.17) is 14.2 Å². The number of ether oxygens (including phenoxy) is 3. The molecule has 0 unspecified atom stereocenters. The molecule has 3 aliphatic rings. The van der Waals surface area contributed by atoms with Crippen LogP contribution in [-0.2, 0) is 16.0 Å². The summed E-state index contributed by atoms with van der Waals surface area (Å²) in [6.07, 6.45) is 2.02. The average Bonchev–Trinajstić information content (AvgIpc) is 3.11. The van der Waals surface area contributed by atoms with Crippen molar-refractivity contribution in [3.8, 4) is 5.75 Å². The van der Waals surface area contributed by atoms with Crippen molar-refractivity contribution >= 4 is 0 Å². The molecule has 1 N–H and O–H groups in total. The fourth-order valence-electron chi connectivity index (χ4n) is 4.79. The standard InChI is InChI=1S/C22H34N2O4/c25-18-22-6-11-27-16-20(22)15-24(17-22)14-19-2-4-21(5-3-19)28-10-1-7-23-8-12-26-13-9-23/h2-5,20,25H,1,6-18H2/t20-,22-/m1/s1. The van der Waals surface area contributed by atoms with Gasteiger partial charge in [0.1, 0.15) is 5.75 Å². The Bertz CT molecular complexity index is 605. The van der Waals surface area contributed by atoms with E-state index >= 15 is 0 Å². The first-order valence-corrected chi connectivity index (χ1v) is 10.7. The van der Waals surface area contributed by atoms with Gasteiger partial charge in [-0.05, 0) is 30.5 Å². The topological polar surface area (TPSA) is 54.4 Å². The van der Waals surface area contributed by atoms with Crippen LogP contribution in [0.2, 0.25) is 0 Å². The third kappa shape index (κ3) is 4.86. The Kier molecular flexibility index (Phi) is 6.86. The molecule has 1 aromatic carbocycles. The molecule has 0 spiro atoms. The van der Waals surface area contributed by atoms with Crippen molar-refractivity contribution in [2.75, 3.05) is 72.4 Å². The molecular formula is C22H34N2O4. The van der Waals surface area contributed by atoms with Crippen LogP contribution in [0.4, 0.5) is 0 Å². The lowest BCUT2D eigenvalue weighted by molar-refractivity contribution is -0.0417. The number of hydrogen-bond donors (Lipinski definition) is 1. The van der Waals surface area contributed by atoms with Crippen LogP contribution in [0.5, 0.6) is 5.75 Å². The highest BCUT2D eigenvalue weighted by Gasteiger charge is 2.47.